The molecule has 6 nitrogen and oxygen atoms in total. The number of benzene rings is 2. The van der Waals surface area contributed by atoms with E-state index in [1.807, 2.05) is 43.3 Å². The third kappa shape index (κ3) is 3.65. The number of ether oxygens (including phenoxy) is 1. The smallest absolute Gasteiger partial charge is 0.374 e. The second-order valence-electron chi connectivity index (χ2n) is 6.04. The van der Waals surface area contributed by atoms with Gasteiger partial charge in [-0.25, -0.2) is 4.79 Å². The number of furan rings is 1. The van der Waals surface area contributed by atoms with E-state index < -0.39 is 5.97 Å². The maximum absolute atomic E-state index is 12.3. The maximum Gasteiger partial charge on any atom is 0.374 e. The third-order valence-electron chi connectivity index (χ3n) is 4.42. The zero-order valence-electron chi connectivity index (χ0n) is 15.6. The molecule has 0 unspecified atom stereocenters. The Balaban J connectivity index is 1.94. The van der Waals surface area contributed by atoms with Gasteiger partial charge in [0.15, 0.2) is 0 Å². The topological polar surface area (TPSA) is 80.6 Å². The Hall–Kier alpha value is -3.28. The molecule has 0 spiro atoms. The molecule has 27 heavy (non-hydrogen) atoms. The molecule has 6 heteroatoms. The fraction of sp³-hybridized carbons (Fsp3) is 0.238. The lowest BCUT2D eigenvalue weighted by atomic mass is 10.1. The average Bonchev–Trinajstić information content (AvgIpc) is 3.05. The predicted octanol–water partition coefficient (Wildman–Crippen LogP) is 3.89. The largest absolute Gasteiger partial charge is 0.460 e. The first-order valence-electron chi connectivity index (χ1n) is 8.79. The second-order valence-corrected chi connectivity index (χ2v) is 6.04. The number of nitrogens with one attached hydrogen (secondary N) is 2. The number of rotatable bonds is 6. The molecule has 1 aromatic heterocycles. The van der Waals surface area contributed by atoms with Crippen LogP contribution < -0.4 is 10.6 Å². The Kier molecular flexibility index (Phi) is 5.45. The molecule has 2 aromatic carbocycles. The van der Waals surface area contributed by atoms with E-state index in [4.69, 9.17) is 9.15 Å². The van der Waals surface area contributed by atoms with Crippen LogP contribution in [-0.2, 0) is 11.3 Å². The van der Waals surface area contributed by atoms with E-state index in [-0.39, 0.29) is 18.3 Å². The lowest BCUT2D eigenvalue weighted by Gasteiger charge is -2.13. The zero-order valence-corrected chi connectivity index (χ0v) is 15.6. The molecule has 3 rings (SSSR count). The van der Waals surface area contributed by atoms with Gasteiger partial charge in [-0.15, -0.1) is 0 Å². The first-order chi connectivity index (χ1) is 13.1. The van der Waals surface area contributed by atoms with Gasteiger partial charge in [-0.3, -0.25) is 4.79 Å². The minimum absolute atomic E-state index is 0.142. The molecule has 0 bridgehead atoms. The van der Waals surface area contributed by atoms with Crippen molar-refractivity contribution < 1.29 is 18.7 Å². The molecule has 3 aromatic rings. The summed E-state index contributed by atoms with van der Waals surface area (Å²) >= 11 is 0. The summed E-state index contributed by atoms with van der Waals surface area (Å²) < 4.78 is 10.9. The van der Waals surface area contributed by atoms with Gasteiger partial charge in [-0.2, -0.15) is 0 Å². The number of para-hydroxylation sites is 1. The second kappa shape index (κ2) is 7.95. The molecule has 0 aliphatic rings. The first kappa shape index (κ1) is 18.5. The van der Waals surface area contributed by atoms with Crippen LogP contribution in [0.5, 0.6) is 0 Å². The average molecular weight is 366 g/mol. The Bertz CT molecular complexity index is 991. The minimum atomic E-state index is -0.485. The summed E-state index contributed by atoms with van der Waals surface area (Å²) in [5.74, 6) is -0.427. The first-order valence-corrected chi connectivity index (χ1v) is 8.79. The van der Waals surface area contributed by atoms with Gasteiger partial charge in [0.05, 0.1) is 6.61 Å². The van der Waals surface area contributed by atoms with Gasteiger partial charge in [0.25, 0.3) is 5.91 Å². The van der Waals surface area contributed by atoms with Crippen molar-refractivity contribution >= 4 is 28.5 Å². The lowest BCUT2D eigenvalue weighted by molar-refractivity contribution is 0.0491. The van der Waals surface area contributed by atoms with Gasteiger partial charge in [0, 0.05) is 35.8 Å². The number of anilines is 1. The molecule has 0 saturated heterocycles. The number of carbonyl (C=O) groups is 2. The minimum Gasteiger partial charge on any atom is -0.460 e. The highest BCUT2D eigenvalue weighted by molar-refractivity contribution is 5.97. The van der Waals surface area contributed by atoms with Crippen molar-refractivity contribution in [2.24, 2.45) is 0 Å². The molecule has 0 saturated carbocycles. The van der Waals surface area contributed by atoms with E-state index in [2.05, 4.69) is 10.6 Å². The summed E-state index contributed by atoms with van der Waals surface area (Å²) in [5.41, 5.74) is 3.62. The summed E-state index contributed by atoms with van der Waals surface area (Å²) in [6.07, 6.45) is 0. The van der Waals surface area contributed by atoms with Gasteiger partial charge >= 0.3 is 5.97 Å². The van der Waals surface area contributed by atoms with Crippen LogP contribution in [0, 0.1) is 6.92 Å². The van der Waals surface area contributed by atoms with E-state index >= 15 is 0 Å². The Morgan fingerprint density at radius 2 is 1.89 bits per heavy atom. The van der Waals surface area contributed by atoms with E-state index in [1.54, 1.807) is 20.0 Å². The summed E-state index contributed by atoms with van der Waals surface area (Å²) in [7, 11) is 1.60. The van der Waals surface area contributed by atoms with Crippen LogP contribution in [0.2, 0.25) is 0 Å². The van der Waals surface area contributed by atoms with Crippen molar-refractivity contribution in [3.8, 4) is 0 Å². The van der Waals surface area contributed by atoms with Crippen LogP contribution in [0.25, 0.3) is 11.0 Å². The maximum atomic E-state index is 12.3. The van der Waals surface area contributed by atoms with Gasteiger partial charge in [0.1, 0.15) is 5.58 Å². The fourth-order valence-corrected chi connectivity index (χ4v) is 3.03. The van der Waals surface area contributed by atoms with Crippen molar-refractivity contribution in [1.82, 2.24) is 5.32 Å². The van der Waals surface area contributed by atoms with Crippen LogP contribution in [0.1, 0.15) is 39.0 Å². The van der Waals surface area contributed by atoms with Gasteiger partial charge in [-0.05, 0) is 37.6 Å². The molecule has 0 fully saturated rings. The van der Waals surface area contributed by atoms with Crippen molar-refractivity contribution in [1.29, 1.82) is 0 Å². The zero-order chi connectivity index (χ0) is 19.4. The van der Waals surface area contributed by atoms with Crippen molar-refractivity contribution in [3.05, 3.63) is 64.9 Å². The molecular weight excluding hydrogens is 344 g/mol. The highest BCUT2D eigenvalue weighted by Crippen LogP contribution is 2.28. The SMILES string of the molecule is CCOC(=O)c1oc2ccccc2c1CNc1cccc(C(=O)NC)c1C. The van der Waals surface area contributed by atoms with E-state index in [1.165, 1.54) is 0 Å². The summed E-state index contributed by atoms with van der Waals surface area (Å²) in [6.45, 7) is 4.28. The molecule has 2 N–H and O–H groups in total. The van der Waals surface area contributed by atoms with E-state index in [9.17, 15) is 9.59 Å². The van der Waals surface area contributed by atoms with Gasteiger partial charge in [0.2, 0.25) is 5.76 Å². The van der Waals surface area contributed by atoms with Crippen LogP contribution >= 0.6 is 0 Å². The van der Waals surface area contributed by atoms with Gasteiger partial charge < -0.3 is 19.8 Å². The molecule has 0 radical (unpaired) electrons. The highest BCUT2D eigenvalue weighted by atomic mass is 16.5. The predicted molar refractivity (Wildman–Crippen MR) is 104 cm³/mol. The van der Waals surface area contributed by atoms with Crippen LogP contribution in [0.15, 0.2) is 46.9 Å². The molecule has 1 heterocycles. The molecular formula is C21H22N2O4. The molecule has 1 amide bonds. The number of fused-ring (bicyclic) bond motifs is 1. The number of amides is 1. The van der Waals surface area contributed by atoms with E-state index in [0.717, 1.165) is 22.2 Å². The van der Waals surface area contributed by atoms with Crippen LogP contribution in [0.3, 0.4) is 0 Å². The standard InChI is InChI=1S/C21H22N2O4/c1-4-26-21(25)19-16(15-8-5-6-11-18(15)27-19)12-23-17-10-7-9-14(13(17)2)20(24)22-3/h5-11,23H,4,12H2,1-3H3,(H,22,24). The van der Waals surface area contributed by atoms with Crippen molar-refractivity contribution in [3.63, 3.8) is 0 Å². The van der Waals surface area contributed by atoms with Crippen LogP contribution in [0.4, 0.5) is 5.69 Å². The summed E-state index contributed by atoms with van der Waals surface area (Å²) in [6, 6.07) is 13.0. The Morgan fingerprint density at radius 3 is 2.63 bits per heavy atom. The fourth-order valence-electron chi connectivity index (χ4n) is 3.03. The van der Waals surface area contributed by atoms with Crippen LogP contribution in [-0.4, -0.2) is 25.5 Å². The third-order valence-corrected chi connectivity index (χ3v) is 4.42. The lowest BCUT2D eigenvalue weighted by Crippen LogP contribution is -2.19. The Labute approximate surface area is 157 Å². The summed E-state index contributed by atoms with van der Waals surface area (Å²) in [4.78, 5) is 24.3. The quantitative estimate of drug-likeness (QED) is 0.647. The molecule has 140 valence electrons. The number of hydrogen-bond acceptors (Lipinski definition) is 5. The van der Waals surface area contributed by atoms with E-state index in [0.29, 0.717) is 17.7 Å². The number of carbonyl (C=O) groups excluding carboxylic acids is 2. The van der Waals surface area contributed by atoms with Crippen molar-refractivity contribution in [2.75, 3.05) is 19.0 Å². The summed E-state index contributed by atoms with van der Waals surface area (Å²) in [5, 5.41) is 6.81. The van der Waals surface area contributed by atoms with Gasteiger partial charge in [-0.1, -0.05) is 24.3 Å². The number of hydrogen-bond donors (Lipinski definition) is 2. The number of esters is 1. The normalized spacial score (nSPS) is 10.6. The molecule has 0 aliphatic heterocycles. The highest BCUT2D eigenvalue weighted by Gasteiger charge is 2.21. The monoisotopic (exact) mass is 366 g/mol. The van der Waals surface area contributed by atoms with Crippen molar-refractivity contribution in [2.45, 2.75) is 20.4 Å². The molecule has 0 aliphatic carbocycles. The molecule has 0 atom stereocenters. The Morgan fingerprint density at radius 1 is 1.11 bits per heavy atom.